The van der Waals surface area contributed by atoms with E-state index in [0.29, 0.717) is 18.2 Å². The fraction of sp³-hybridized carbons (Fsp3) is 0.261. The minimum absolute atomic E-state index is 0.229. The fourth-order valence-electron chi connectivity index (χ4n) is 3.00. The lowest BCUT2D eigenvalue weighted by atomic mass is 10.1. The van der Waals surface area contributed by atoms with Crippen molar-refractivity contribution in [1.29, 1.82) is 0 Å². The van der Waals surface area contributed by atoms with Gasteiger partial charge in [0.15, 0.2) is 0 Å². The van der Waals surface area contributed by atoms with Crippen LogP contribution in [0.3, 0.4) is 0 Å². The van der Waals surface area contributed by atoms with Gasteiger partial charge in [-0.3, -0.25) is 4.79 Å². The van der Waals surface area contributed by atoms with Crippen molar-refractivity contribution in [3.63, 3.8) is 0 Å². The second kappa shape index (κ2) is 9.68. The quantitative estimate of drug-likeness (QED) is 0.601. The first-order chi connectivity index (χ1) is 14.1. The molecule has 1 amide bonds. The smallest absolute Gasteiger partial charge is 0.270 e. The van der Waals surface area contributed by atoms with Crippen molar-refractivity contribution in [2.75, 3.05) is 23.3 Å². The molecule has 29 heavy (non-hydrogen) atoms. The second-order valence-electron chi connectivity index (χ2n) is 6.78. The summed E-state index contributed by atoms with van der Waals surface area (Å²) in [4.78, 5) is 23.3. The third-order valence-corrected chi connectivity index (χ3v) is 4.71. The average Bonchev–Trinajstić information content (AvgIpc) is 2.75. The summed E-state index contributed by atoms with van der Waals surface area (Å²) in [6.07, 6.45) is 1.58. The van der Waals surface area contributed by atoms with Crippen molar-refractivity contribution in [1.82, 2.24) is 15.3 Å². The molecule has 1 aromatic heterocycles. The summed E-state index contributed by atoms with van der Waals surface area (Å²) < 4.78 is 0. The number of aromatic nitrogens is 2. The predicted octanol–water partition coefficient (Wildman–Crippen LogP) is 4.30. The van der Waals surface area contributed by atoms with Gasteiger partial charge in [-0.15, -0.1) is 0 Å². The van der Waals surface area contributed by atoms with Gasteiger partial charge in [0.1, 0.15) is 5.69 Å². The Kier molecular flexibility index (Phi) is 6.79. The second-order valence-corrected chi connectivity index (χ2v) is 6.78. The van der Waals surface area contributed by atoms with Crippen LogP contribution in [0, 0.1) is 6.92 Å². The molecule has 150 valence electrons. The maximum Gasteiger partial charge on any atom is 0.270 e. The molecule has 6 nitrogen and oxygen atoms in total. The molecule has 0 saturated carbocycles. The van der Waals surface area contributed by atoms with Gasteiger partial charge < -0.3 is 15.5 Å². The van der Waals surface area contributed by atoms with Crippen LogP contribution in [0.2, 0.25) is 0 Å². The summed E-state index contributed by atoms with van der Waals surface area (Å²) in [5, 5.41) is 6.06. The molecule has 2 aromatic carbocycles. The molecule has 3 aromatic rings. The third kappa shape index (κ3) is 5.54. The number of nitrogens with zero attached hydrogens (tertiary/aromatic N) is 3. The van der Waals surface area contributed by atoms with Crippen LogP contribution in [0.15, 0.2) is 60.8 Å². The van der Waals surface area contributed by atoms with E-state index in [1.165, 1.54) is 11.3 Å². The molecule has 0 bridgehead atoms. The zero-order chi connectivity index (χ0) is 20.6. The molecule has 2 N–H and O–H groups in total. The van der Waals surface area contributed by atoms with Gasteiger partial charge in [0.25, 0.3) is 5.91 Å². The van der Waals surface area contributed by atoms with Crippen molar-refractivity contribution in [2.24, 2.45) is 0 Å². The van der Waals surface area contributed by atoms with Crippen LogP contribution < -0.4 is 15.5 Å². The van der Waals surface area contributed by atoms with Gasteiger partial charge in [0.2, 0.25) is 5.95 Å². The van der Waals surface area contributed by atoms with Crippen molar-refractivity contribution in [3.8, 4) is 0 Å². The normalized spacial score (nSPS) is 10.4. The van der Waals surface area contributed by atoms with Gasteiger partial charge >= 0.3 is 0 Å². The van der Waals surface area contributed by atoms with Crippen LogP contribution in [-0.2, 0) is 6.54 Å². The predicted molar refractivity (Wildman–Crippen MR) is 118 cm³/mol. The summed E-state index contributed by atoms with van der Waals surface area (Å²) in [6.45, 7) is 8.70. The molecule has 3 rings (SSSR count). The number of rotatable bonds is 8. The van der Waals surface area contributed by atoms with E-state index in [-0.39, 0.29) is 5.91 Å². The van der Waals surface area contributed by atoms with Gasteiger partial charge in [-0.2, -0.15) is 0 Å². The van der Waals surface area contributed by atoms with E-state index >= 15 is 0 Å². The van der Waals surface area contributed by atoms with Crippen LogP contribution in [0.4, 0.5) is 17.3 Å². The topological polar surface area (TPSA) is 70.2 Å². The summed E-state index contributed by atoms with van der Waals surface area (Å²) >= 11 is 0. The van der Waals surface area contributed by atoms with E-state index in [1.54, 1.807) is 12.3 Å². The Bertz CT molecular complexity index is 934. The van der Waals surface area contributed by atoms with Crippen LogP contribution in [-0.4, -0.2) is 29.0 Å². The van der Waals surface area contributed by atoms with Crippen LogP contribution >= 0.6 is 0 Å². The largest absolute Gasteiger partial charge is 0.372 e. The number of carbonyl (C=O) groups is 1. The van der Waals surface area contributed by atoms with Gasteiger partial charge in [-0.05, 0) is 56.7 Å². The van der Waals surface area contributed by atoms with Gasteiger partial charge in [0, 0.05) is 37.2 Å². The first kappa shape index (κ1) is 20.3. The summed E-state index contributed by atoms with van der Waals surface area (Å²) in [6, 6.07) is 17.8. The van der Waals surface area contributed by atoms with Gasteiger partial charge in [-0.1, -0.05) is 29.8 Å². The molecule has 0 aliphatic rings. The minimum Gasteiger partial charge on any atom is -0.372 e. The Balaban J connectivity index is 1.62. The van der Waals surface area contributed by atoms with Gasteiger partial charge in [0.05, 0.1) is 0 Å². The summed E-state index contributed by atoms with van der Waals surface area (Å²) in [5.41, 5.74) is 4.61. The number of nitrogens with one attached hydrogen (secondary N) is 2. The highest BCUT2D eigenvalue weighted by Gasteiger charge is 2.09. The highest BCUT2D eigenvalue weighted by molar-refractivity contribution is 5.92. The lowest BCUT2D eigenvalue weighted by Gasteiger charge is -2.21. The number of anilines is 3. The Labute approximate surface area is 172 Å². The standard InChI is InChI=1S/C23H27N5O/c1-4-28(5-2)20-12-10-19(11-13-20)26-23-24-15-14-21(27-23)22(29)25-16-18-8-6-17(3)7-9-18/h6-15H,4-5,16H2,1-3H3,(H,25,29)(H,24,26,27). The molecular formula is C23H27N5O. The maximum absolute atomic E-state index is 12.4. The lowest BCUT2D eigenvalue weighted by Crippen LogP contribution is -2.24. The molecule has 0 aliphatic heterocycles. The van der Waals surface area contributed by atoms with Crippen LogP contribution in [0.25, 0.3) is 0 Å². The first-order valence-corrected chi connectivity index (χ1v) is 9.88. The SMILES string of the molecule is CCN(CC)c1ccc(Nc2nccc(C(=O)NCc3ccc(C)cc3)n2)cc1. The molecule has 0 saturated heterocycles. The Morgan fingerprint density at radius 3 is 2.31 bits per heavy atom. The van der Waals surface area contributed by atoms with Crippen molar-refractivity contribution >= 4 is 23.2 Å². The van der Waals surface area contributed by atoms with Crippen molar-refractivity contribution in [3.05, 3.63) is 77.6 Å². The number of aryl methyl sites for hydroxylation is 1. The van der Waals surface area contributed by atoms with Crippen LogP contribution in [0.5, 0.6) is 0 Å². The molecular weight excluding hydrogens is 362 g/mol. The van der Waals surface area contributed by atoms with Crippen LogP contribution in [0.1, 0.15) is 35.5 Å². The molecule has 1 heterocycles. The average molecular weight is 390 g/mol. The van der Waals surface area contributed by atoms with Crippen molar-refractivity contribution < 1.29 is 4.79 Å². The summed E-state index contributed by atoms with van der Waals surface area (Å²) in [5.74, 6) is 0.163. The number of benzene rings is 2. The number of hydrogen-bond donors (Lipinski definition) is 2. The third-order valence-electron chi connectivity index (χ3n) is 4.71. The molecule has 0 atom stereocenters. The zero-order valence-corrected chi connectivity index (χ0v) is 17.1. The molecule has 0 unspecified atom stereocenters. The highest BCUT2D eigenvalue weighted by atomic mass is 16.1. The molecule has 0 fully saturated rings. The fourth-order valence-corrected chi connectivity index (χ4v) is 3.00. The van der Waals surface area contributed by atoms with E-state index < -0.39 is 0 Å². The highest BCUT2D eigenvalue weighted by Crippen LogP contribution is 2.19. The van der Waals surface area contributed by atoms with E-state index in [0.717, 1.165) is 24.3 Å². The Hall–Kier alpha value is -3.41. The van der Waals surface area contributed by atoms with E-state index in [1.807, 2.05) is 43.3 Å². The lowest BCUT2D eigenvalue weighted by molar-refractivity contribution is 0.0946. The monoisotopic (exact) mass is 389 g/mol. The van der Waals surface area contributed by atoms with Crippen molar-refractivity contribution in [2.45, 2.75) is 27.3 Å². The Morgan fingerprint density at radius 2 is 1.66 bits per heavy atom. The molecule has 6 heteroatoms. The molecule has 0 aliphatic carbocycles. The van der Waals surface area contributed by atoms with E-state index in [4.69, 9.17) is 0 Å². The molecule has 0 radical (unpaired) electrons. The Morgan fingerprint density at radius 1 is 0.966 bits per heavy atom. The minimum atomic E-state index is -0.229. The zero-order valence-electron chi connectivity index (χ0n) is 17.1. The van der Waals surface area contributed by atoms with E-state index in [2.05, 4.69) is 51.5 Å². The first-order valence-electron chi connectivity index (χ1n) is 9.88. The van der Waals surface area contributed by atoms with E-state index in [9.17, 15) is 4.79 Å². The number of amides is 1. The van der Waals surface area contributed by atoms with Gasteiger partial charge in [-0.25, -0.2) is 9.97 Å². The summed E-state index contributed by atoms with van der Waals surface area (Å²) in [7, 11) is 0. The maximum atomic E-state index is 12.4. The molecule has 0 spiro atoms. The number of carbonyl (C=O) groups excluding carboxylic acids is 1. The number of hydrogen-bond acceptors (Lipinski definition) is 5.